The number of fused-ring (bicyclic) bond motifs is 1. The monoisotopic (exact) mass is 363 g/mol. The fraction of sp³-hybridized carbons (Fsp3) is 0.909. The van der Waals surface area contributed by atoms with Crippen LogP contribution in [0, 0.1) is 35.5 Å². The summed E-state index contributed by atoms with van der Waals surface area (Å²) in [6.45, 7) is 8.84. The largest absolute Gasteiger partial charge is 0.367 e. The molecule has 0 spiro atoms. The first kappa shape index (κ1) is 19.9. The number of rotatable bonds is 5. The Hall–Kier alpha value is -0.900. The molecule has 4 nitrogen and oxygen atoms in total. The fourth-order valence-corrected chi connectivity index (χ4v) is 6.43. The van der Waals surface area contributed by atoms with Crippen molar-refractivity contribution in [1.29, 1.82) is 0 Å². The van der Waals surface area contributed by atoms with Gasteiger partial charge in [-0.2, -0.15) is 0 Å². The van der Waals surface area contributed by atoms with Gasteiger partial charge in [0.25, 0.3) is 0 Å². The standard InChI is InChI=1S/C22H37NO3/c1-5-18-12-17-8-6-7-9-20(17)23(18)26-22(25)19(13-24)21-15(3)10-14(2)11-16(21)4/h13-21H,5-12H2,1-4H3. The lowest BCUT2D eigenvalue weighted by Crippen LogP contribution is -2.45. The molecular weight excluding hydrogens is 326 g/mol. The van der Waals surface area contributed by atoms with Crippen LogP contribution in [0.1, 0.15) is 79.1 Å². The number of hydroxylamine groups is 2. The molecule has 3 rings (SSSR count). The topological polar surface area (TPSA) is 46.6 Å². The van der Waals surface area contributed by atoms with Crippen LogP contribution in [-0.4, -0.2) is 29.4 Å². The quantitative estimate of drug-likeness (QED) is 0.528. The Labute approximate surface area is 159 Å². The van der Waals surface area contributed by atoms with Crippen molar-refractivity contribution in [3.05, 3.63) is 0 Å². The minimum absolute atomic E-state index is 0.112. The minimum Gasteiger partial charge on any atom is -0.367 e. The molecule has 0 aromatic rings. The molecule has 0 aromatic carbocycles. The van der Waals surface area contributed by atoms with E-state index in [4.69, 9.17) is 4.84 Å². The lowest BCUT2D eigenvalue weighted by molar-refractivity contribution is -0.216. The third kappa shape index (κ3) is 3.85. The zero-order valence-electron chi connectivity index (χ0n) is 17.0. The number of hydrogen-bond donors (Lipinski definition) is 0. The van der Waals surface area contributed by atoms with Crippen molar-refractivity contribution < 1.29 is 14.4 Å². The van der Waals surface area contributed by atoms with Gasteiger partial charge in [0.2, 0.25) is 0 Å². The van der Waals surface area contributed by atoms with E-state index >= 15 is 0 Å². The summed E-state index contributed by atoms with van der Waals surface area (Å²) in [5.74, 6) is 1.30. The van der Waals surface area contributed by atoms with Crippen molar-refractivity contribution >= 4 is 12.3 Å². The van der Waals surface area contributed by atoms with E-state index < -0.39 is 5.92 Å². The van der Waals surface area contributed by atoms with E-state index in [0.717, 1.165) is 38.4 Å². The molecule has 26 heavy (non-hydrogen) atoms. The van der Waals surface area contributed by atoms with Gasteiger partial charge in [-0.15, -0.1) is 5.06 Å². The van der Waals surface area contributed by atoms with Gasteiger partial charge in [-0.1, -0.05) is 40.5 Å². The predicted octanol–water partition coefficient (Wildman–Crippen LogP) is 4.62. The van der Waals surface area contributed by atoms with Crippen LogP contribution < -0.4 is 0 Å². The van der Waals surface area contributed by atoms with Gasteiger partial charge < -0.3 is 9.63 Å². The molecule has 0 N–H and O–H groups in total. The third-order valence-corrected chi connectivity index (χ3v) is 7.49. The van der Waals surface area contributed by atoms with Gasteiger partial charge in [-0.05, 0) is 68.1 Å². The zero-order chi connectivity index (χ0) is 18.8. The smallest absolute Gasteiger partial charge is 0.335 e. The Balaban J connectivity index is 1.71. The summed E-state index contributed by atoms with van der Waals surface area (Å²) < 4.78 is 0. The molecule has 2 aliphatic carbocycles. The lowest BCUT2D eigenvalue weighted by Gasteiger charge is -2.40. The van der Waals surface area contributed by atoms with E-state index in [2.05, 4.69) is 27.7 Å². The number of carbonyl (C=O) groups is 2. The molecule has 0 radical (unpaired) electrons. The van der Waals surface area contributed by atoms with Crippen LogP contribution in [0.4, 0.5) is 0 Å². The maximum Gasteiger partial charge on any atom is 0.335 e. The summed E-state index contributed by atoms with van der Waals surface area (Å²) in [5.41, 5.74) is 0. The van der Waals surface area contributed by atoms with Crippen molar-refractivity contribution in [3.8, 4) is 0 Å². The van der Waals surface area contributed by atoms with Gasteiger partial charge >= 0.3 is 5.97 Å². The van der Waals surface area contributed by atoms with Gasteiger partial charge in [0, 0.05) is 12.1 Å². The van der Waals surface area contributed by atoms with E-state index in [-0.39, 0.29) is 11.9 Å². The molecule has 148 valence electrons. The zero-order valence-corrected chi connectivity index (χ0v) is 17.0. The second kappa shape index (κ2) is 8.41. The van der Waals surface area contributed by atoms with Gasteiger partial charge in [0.05, 0.1) is 0 Å². The van der Waals surface area contributed by atoms with Gasteiger partial charge in [-0.25, -0.2) is 4.79 Å². The van der Waals surface area contributed by atoms with Crippen LogP contribution in [0.15, 0.2) is 0 Å². The van der Waals surface area contributed by atoms with Crippen LogP contribution in [-0.2, 0) is 14.4 Å². The molecule has 6 unspecified atom stereocenters. The first-order chi connectivity index (χ1) is 12.5. The van der Waals surface area contributed by atoms with Crippen LogP contribution in [0.25, 0.3) is 0 Å². The Kier molecular flexibility index (Phi) is 6.42. The lowest BCUT2D eigenvalue weighted by atomic mass is 9.65. The van der Waals surface area contributed by atoms with Crippen molar-refractivity contribution in [3.63, 3.8) is 0 Å². The average molecular weight is 364 g/mol. The summed E-state index contributed by atoms with van der Waals surface area (Å²) in [7, 11) is 0. The number of nitrogens with zero attached hydrogens (tertiary/aromatic N) is 1. The van der Waals surface area contributed by atoms with E-state index in [1.54, 1.807) is 0 Å². The summed E-state index contributed by atoms with van der Waals surface area (Å²) in [4.78, 5) is 30.9. The predicted molar refractivity (Wildman–Crippen MR) is 102 cm³/mol. The van der Waals surface area contributed by atoms with E-state index in [1.807, 2.05) is 5.06 Å². The molecule has 2 saturated carbocycles. The minimum atomic E-state index is -0.618. The average Bonchev–Trinajstić information content (AvgIpc) is 2.95. The molecule has 4 heteroatoms. The molecule has 6 atom stereocenters. The highest BCUT2D eigenvalue weighted by molar-refractivity contribution is 5.88. The Morgan fingerprint density at radius 3 is 2.38 bits per heavy atom. The molecule has 0 aromatic heterocycles. The molecule has 1 saturated heterocycles. The van der Waals surface area contributed by atoms with Crippen molar-refractivity contribution in [2.45, 2.75) is 91.1 Å². The Morgan fingerprint density at radius 2 is 1.77 bits per heavy atom. The van der Waals surface area contributed by atoms with Gasteiger partial charge in [-0.3, -0.25) is 0 Å². The van der Waals surface area contributed by atoms with E-state index in [0.29, 0.717) is 35.8 Å². The van der Waals surface area contributed by atoms with Crippen molar-refractivity contribution in [2.75, 3.05) is 0 Å². The molecule has 0 bridgehead atoms. The Bertz CT molecular complexity index is 496. The van der Waals surface area contributed by atoms with Crippen LogP contribution in [0.3, 0.4) is 0 Å². The van der Waals surface area contributed by atoms with Crippen LogP contribution in [0.5, 0.6) is 0 Å². The van der Waals surface area contributed by atoms with E-state index in [1.165, 1.54) is 19.3 Å². The summed E-state index contributed by atoms with van der Waals surface area (Å²) >= 11 is 0. The number of carbonyl (C=O) groups excluding carboxylic acids is 2. The number of hydrogen-bond acceptors (Lipinski definition) is 4. The SMILES string of the molecule is CCC1CC2CCCCC2N1OC(=O)C(C=O)C1C(C)CC(C)CC1C. The maximum atomic E-state index is 13.0. The molecule has 1 heterocycles. The van der Waals surface area contributed by atoms with Crippen molar-refractivity contribution in [2.24, 2.45) is 35.5 Å². The molecule has 3 fully saturated rings. The van der Waals surface area contributed by atoms with Crippen LogP contribution >= 0.6 is 0 Å². The summed E-state index contributed by atoms with van der Waals surface area (Å²) in [5, 5.41) is 2.00. The third-order valence-electron chi connectivity index (χ3n) is 7.49. The normalized spacial score (nSPS) is 42.1. The summed E-state index contributed by atoms with van der Waals surface area (Å²) in [6.07, 6.45) is 10.1. The molecule has 3 aliphatic rings. The molecular formula is C22H37NO3. The van der Waals surface area contributed by atoms with Crippen LogP contribution in [0.2, 0.25) is 0 Å². The maximum absolute atomic E-state index is 13.0. The summed E-state index contributed by atoms with van der Waals surface area (Å²) in [6, 6.07) is 0.687. The van der Waals surface area contributed by atoms with Gasteiger partial charge in [0.1, 0.15) is 12.2 Å². The second-order valence-corrected chi connectivity index (χ2v) is 9.45. The molecule has 1 aliphatic heterocycles. The number of aldehydes is 1. The van der Waals surface area contributed by atoms with E-state index in [9.17, 15) is 9.59 Å². The highest BCUT2D eigenvalue weighted by Gasteiger charge is 2.46. The highest BCUT2D eigenvalue weighted by atomic mass is 16.7. The first-order valence-electron chi connectivity index (χ1n) is 10.9. The van der Waals surface area contributed by atoms with Crippen molar-refractivity contribution in [1.82, 2.24) is 5.06 Å². The second-order valence-electron chi connectivity index (χ2n) is 9.45. The first-order valence-corrected chi connectivity index (χ1v) is 10.9. The fourth-order valence-electron chi connectivity index (χ4n) is 6.43. The van der Waals surface area contributed by atoms with Gasteiger partial charge in [0.15, 0.2) is 0 Å². The molecule has 0 amide bonds. The highest BCUT2D eigenvalue weighted by Crippen LogP contribution is 2.44. The Morgan fingerprint density at radius 1 is 1.12 bits per heavy atom.